The first kappa shape index (κ1) is 8.49. The van der Waals surface area contributed by atoms with E-state index in [-0.39, 0.29) is 0 Å². The van der Waals surface area contributed by atoms with Crippen LogP contribution in [0.3, 0.4) is 0 Å². The van der Waals surface area contributed by atoms with Gasteiger partial charge in [-0.2, -0.15) is 0 Å². The van der Waals surface area contributed by atoms with Crippen LogP contribution >= 0.6 is 0 Å². The minimum Gasteiger partial charge on any atom is -0.311 e. The maximum absolute atomic E-state index is 3.68. The number of fused-ring (bicyclic) bond motifs is 3. The summed E-state index contributed by atoms with van der Waals surface area (Å²) in [6, 6.07) is 8.98. The Morgan fingerprint density at radius 2 is 2.21 bits per heavy atom. The summed E-state index contributed by atoms with van der Waals surface area (Å²) in [5.41, 5.74) is 3.57. The fourth-order valence-electron chi connectivity index (χ4n) is 3.20. The molecule has 0 saturated carbocycles. The van der Waals surface area contributed by atoms with Gasteiger partial charge < -0.3 is 5.32 Å². The molecule has 1 N–H and O–H groups in total. The SMILES string of the molecule is C[C@@]12CCc3ccccc3[C@@H]1CCN2. The highest BCUT2D eigenvalue weighted by atomic mass is 15.0. The van der Waals surface area contributed by atoms with Gasteiger partial charge in [-0.15, -0.1) is 0 Å². The van der Waals surface area contributed by atoms with Crippen molar-refractivity contribution in [3.8, 4) is 0 Å². The summed E-state index contributed by atoms with van der Waals surface area (Å²) in [5, 5.41) is 3.68. The van der Waals surface area contributed by atoms with Crippen LogP contribution in [0.15, 0.2) is 24.3 Å². The topological polar surface area (TPSA) is 12.0 Å². The van der Waals surface area contributed by atoms with Gasteiger partial charge in [0.15, 0.2) is 0 Å². The second kappa shape index (κ2) is 2.83. The molecule has 14 heavy (non-hydrogen) atoms. The molecule has 0 unspecified atom stereocenters. The summed E-state index contributed by atoms with van der Waals surface area (Å²) in [6.07, 6.45) is 3.86. The summed E-state index contributed by atoms with van der Waals surface area (Å²) in [7, 11) is 0. The quantitative estimate of drug-likeness (QED) is 0.658. The molecule has 3 rings (SSSR count). The lowest BCUT2D eigenvalue weighted by Gasteiger charge is -2.37. The van der Waals surface area contributed by atoms with Gasteiger partial charge in [0.1, 0.15) is 0 Å². The predicted octanol–water partition coefficient (Wildman–Crippen LogP) is 2.47. The van der Waals surface area contributed by atoms with Gasteiger partial charge in [0, 0.05) is 11.5 Å². The van der Waals surface area contributed by atoms with Crippen molar-refractivity contribution in [1.82, 2.24) is 5.32 Å². The molecule has 1 nitrogen and oxygen atoms in total. The van der Waals surface area contributed by atoms with Crippen LogP contribution in [0, 0.1) is 0 Å². The monoisotopic (exact) mass is 187 g/mol. The van der Waals surface area contributed by atoms with Crippen LogP contribution in [0.4, 0.5) is 0 Å². The smallest absolute Gasteiger partial charge is 0.0225 e. The van der Waals surface area contributed by atoms with Crippen molar-refractivity contribution in [3.63, 3.8) is 0 Å². The lowest BCUT2D eigenvalue weighted by molar-refractivity contribution is 0.327. The Hall–Kier alpha value is -0.820. The molecule has 1 aliphatic heterocycles. The minimum atomic E-state index is 0.383. The van der Waals surface area contributed by atoms with Crippen molar-refractivity contribution in [2.24, 2.45) is 0 Å². The van der Waals surface area contributed by atoms with Gasteiger partial charge in [-0.25, -0.2) is 0 Å². The van der Waals surface area contributed by atoms with E-state index in [1.54, 1.807) is 11.1 Å². The van der Waals surface area contributed by atoms with Crippen LogP contribution in [-0.4, -0.2) is 12.1 Å². The summed E-state index contributed by atoms with van der Waals surface area (Å²) >= 11 is 0. The van der Waals surface area contributed by atoms with Crippen molar-refractivity contribution in [3.05, 3.63) is 35.4 Å². The second-order valence-corrected chi connectivity index (χ2v) is 4.88. The Labute approximate surface area is 85.5 Å². The summed E-state index contributed by atoms with van der Waals surface area (Å²) < 4.78 is 0. The predicted molar refractivity (Wildman–Crippen MR) is 58.5 cm³/mol. The van der Waals surface area contributed by atoms with E-state index in [0.717, 1.165) is 5.92 Å². The molecule has 1 aromatic carbocycles. The fourth-order valence-corrected chi connectivity index (χ4v) is 3.20. The zero-order valence-electron chi connectivity index (χ0n) is 8.72. The largest absolute Gasteiger partial charge is 0.311 e. The Balaban J connectivity index is 2.10. The van der Waals surface area contributed by atoms with E-state index >= 15 is 0 Å². The van der Waals surface area contributed by atoms with Crippen LogP contribution in [0.25, 0.3) is 0 Å². The van der Waals surface area contributed by atoms with E-state index < -0.39 is 0 Å². The third-order valence-electron chi connectivity index (χ3n) is 4.08. The second-order valence-electron chi connectivity index (χ2n) is 4.88. The van der Waals surface area contributed by atoms with Gasteiger partial charge in [-0.05, 0) is 43.9 Å². The van der Waals surface area contributed by atoms with Crippen LogP contribution < -0.4 is 5.32 Å². The lowest BCUT2D eigenvalue weighted by Crippen LogP contribution is -2.43. The number of benzene rings is 1. The first-order valence-corrected chi connectivity index (χ1v) is 5.62. The number of aryl methyl sites for hydroxylation is 1. The van der Waals surface area contributed by atoms with Gasteiger partial charge in [-0.1, -0.05) is 24.3 Å². The van der Waals surface area contributed by atoms with Crippen LogP contribution in [0.2, 0.25) is 0 Å². The fraction of sp³-hybridized carbons (Fsp3) is 0.538. The van der Waals surface area contributed by atoms with Crippen molar-refractivity contribution >= 4 is 0 Å². The van der Waals surface area contributed by atoms with Crippen molar-refractivity contribution in [2.45, 2.75) is 37.6 Å². The van der Waals surface area contributed by atoms with Gasteiger partial charge in [0.2, 0.25) is 0 Å². The van der Waals surface area contributed by atoms with Gasteiger partial charge in [0.25, 0.3) is 0 Å². The van der Waals surface area contributed by atoms with Crippen molar-refractivity contribution in [2.75, 3.05) is 6.54 Å². The van der Waals surface area contributed by atoms with Gasteiger partial charge >= 0.3 is 0 Å². The third kappa shape index (κ3) is 1.05. The molecule has 1 fully saturated rings. The number of rotatable bonds is 0. The molecular formula is C13H17N. The first-order valence-electron chi connectivity index (χ1n) is 5.62. The van der Waals surface area contributed by atoms with Crippen LogP contribution in [-0.2, 0) is 6.42 Å². The van der Waals surface area contributed by atoms with Crippen molar-refractivity contribution in [1.29, 1.82) is 0 Å². The average molecular weight is 187 g/mol. The zero-order valence-corrected chi connectivity index (χ0v) is 8.72. The molecule has 0 bridgehead atoms. The van der Waals surface area contributed by atoms with Crippen molar-refractivity contribution < 1.29 is 0 Å². The maximum atomic E-state index is 3.68. The van der Waals surface area contributed by atoms with Crippen LogP contribution in [0.5, 0.6) is 0 Å². The van der Waals surface area contributed by atoms with E-state index in [1.807, 2.05) is 0 Å². The first-order chi connectivity index (χ1) is 6.80. The number of nitrogens with one attached hydrogen (secondary N) is 1. The Morgan fingerprint density at radius 1 is 1.36 bits per heavy atom. The molecule has 74 valence electrons. The van der Waals surface area contributed by atoms with E-state index in [0.29, 0.717) is 5.54 Å². The highest BCUT2D eigenvalue weighted by molar-refractivity contribution is 5.37. The molecular weight excluding hydrogens is 170 g/mol. The van der Waals surface area contributed by atoms with E-state index in [1.165, 1.54) is 25.8 Å². The number of hydrogen-bond acceptors (Lipinski definition) is 1. The molecule has 1 saturated heterocycles. The van der Waals surface area contributed by atoms with Gasteiger partial charge in [0.05, 0.1) is 0 Å². The molecule has 0 spiro atoms. The Morgan fingerprint density at radius 3 is 3.14 bits per heavy atom. The summed E-state index contributed by atoms with van der Waals surface area (Å²) in [4.78, 5) is 0. The summed E-state index contributed by atoms with van der Waals surface area (Å²) in [5.74, 6) is 0.757. The molecule has 0 amide bonds. The molecule has 0 aromatic heterocycles. The highest BCUT2D eigenvalue weighted by Gasteiger charge is 2.42. The minimum absolute atomic E-state index is 0.383. The van der Waals surface area contributed by atoms with Gasteiger partial charge in [-0.3, -0.25) is 0 Å². The van der Waals surface area contributed by atoms with E-state index in [2.05, 4.69) is 36.5 Å². The molecule has 1 heterocycles. The molecule has 2 atom stereocenters. The average Bonchev–Trinajstić information content (AvgIpc) is 2.60. The Kier molecular flexibility index (Phi) is 1.72. The van der Waals surface area contributed by atoms with E-state index in [9.17, 15) is 0 Å². The van der Waals surface area contributed by atoms with E-state index in [4.69, 9.17) is 0 Å². The number of hydrogen-bond donors (Lipinski definition) is 1. The molecule has 1 aromatic rings. The molecule has 1 aliphatic carbocycles. The molecule has 2 aliphatic rings. The molecule has 0 radical (unpaired) electrons. The molecule has 1 heteroatoms. The Bertz CT molecular complexity index is 358. The third-order valence-corrected chi connectivity index (χ3v) is 4.08. The lowest BCUT2D eigenvalue weighted by atomic mass is 9.72. The zero-order chi connectivity index (χ0) is 9.60. The maximum Gasteiger partial charge on any atom is 0.0225 e. The standard InChI is InChI=1S/C13H17N/c1-13-8-6-10-4-2-3-5-11(10)12(13)7-9-14-13/h2-5,12,14H,6-9H2,1H3/t12-,13+/m0/s1. The summed E-state index contributed by atoms with van der Waals surface area (Å²) in [6.45, 7) is 3.58. The van der Waals surface area contributed by atoms with Crippen LogP contribution in [0.1, 0.15) is 36.8 Å². The highest BCUT2D eigenvalue weighted by Crippen LogP contribution is 2.43. The normalized spacial score (nSPS) is 35.1.